The fourth-order valence-electron chi connectivity index (χ4n) is 1.09. The molecule has 0 bridgehead atoms. The van der Waals surface area contributed by atoms with Crippen molar-refractivity contribution in [1.29, 1.82) is 0 Å². The van der Waals surface area contributed by atoms with Crippen LogP contribution < -0.4 is 16.8 Å². The van der Waals surface area contributed by atoms with Crippen LogP contribution in [0.4, 0.5) is 11.5 Å². The molecular weight excluding hydrogens is 204 g/mol. The highest BCUT2D eigenvalue weighted by Crippen LogP contribution is 2.18. The molecule has 0 spiro atoms. The van der Waals surface area contributed by atoms with Gasteiger partial charge in [0.1, 0.15) is 5.82 Å². The molecule has 16 heavy (non-hydrogen) atoms. The number of rotatable bonds is 2. The van der Waals surface area contributed by atoms with Crippen LogP contribution in [0.3, 0.4) is 0 Å². The summed E-state index contributed by atoms with van der Waals surface area (Å²) in [6.45, 7) is 5.75. The van der Waals surface area contributed by atoms with Crippen LogP contribution in [-0.4, -0.2) is 16.9 Å². The van der Waals surface area contributed by atoms with Crippen molar-refractivity contribution in [3.8, 4) is 0 Å². The molecule has 5 heteroatoms. The molecule has 0 fully saturated rings. The van der Waals surface area contributed by atoms with E-state index >= 15 is 0 Å². The van der Waals surface area contributed by atoms with Crippen molar-refractivity contribution in [1.82, 2.24) is 4.98 Å². The Kier molecular flexibility index (Phi) is 3.49. The molecule has 0 saturated carbocycles. The predicted octanol–water partition coefficient (Wildman–Crippen LogP) is 0.976. The molecule has 1 atom stereocenters. The number of amides is 1. The first kappa shape index (κ1) is 12.4. The first-order chi connectivity index (χ1) is 7.30. The van der Waals surface area contributed by atoms with Gasteiger partial charge in [-0.25, -0.2) is 4.98 Å². The number of nitrogen functional groups attached to an aromatic ring is 1. The van der Waals surface area contributed by atoms with Crippen molar-refractivity contribution in [3.63, 3.8) is 0 Å². The maximum atomic E-state index is 11.7. The van der Waals surface area contributed by atoms with Crippen LogP contribution in [0.1, 0.15) is 20.8 Å². The lowest BCUT2D eigenvalue weighted by Crippen LogP contribution is -2.45. The Balaban J connectivity index is 2.68. The zero-order chi connectivity index (χ0) is 12.3. The lowest BCUT2D eigenvalue weighted by molar-refractivity contribution is -0.119. The number of nitrogens with zero attached hydrogens (tertiary/aromatic N) is 1. The number of pyridine rings is 1. The van der Waals surface area contributed by atoms with Gasteiger partial charge in [0.2, 0.25) is 5.91 Å². The van der Waals surface area contributed by atoms with Gasteiger partial charge in [0.25, 0.3) is 0 Å². The van der Waals surface area contributed by atoms with Crippen LogP contribution in [-0.2, 0) is 4.79 Å². The number of nitrogens with one attached hydrogen (secondary N) is 1. The number of anilines is 2. The van der Waals surface area contributed by atoms with Crippen LogP contribution in [0.2, 0.25) is 0 Å². The van der Waals surface area contributed by atoms with Gasteiger partial charge in [-0.05, 0) is 17.5 Å². The Hall–Kier alpha value is -1.62. The van der Waals surface area contributed by atoms with Crippen LogP contribution >= 0.6 is 0 Å². The fourth-order valence-corrected chi connectivity index (χ4v) is 1.09. The largest absolute Gasteiger partial charge is 0.384 e. The van der Waals surface area contributed by atoms with Crippen molar-refractivity contribution < 1.29 is 4.79 Å². The molecule has 1 rings (SSSR count). The second kappa shape index (κ2) is 4.49. The second-order valence-electron chi connectivity index (χ2n) is 4.80. The zero-order valence-electron chi connectivity index (χ0n) is 9.82. The smallest absolute Gasteiger partial charge is 0.241 e. The minimum Gasteiger partial charge on any atom is -0.384 e. The van der Waals surface area contributed by atoms with E-state index in [0.29, 0.717) is 11.5 Å². The predicted molar refractivity (Wildman–Crippen MR) is 64.7 cm³/mol. The van der Waals surface area contributed by atoms with Crippen LogP contribution in [0.25, 0.3) is 0 Å². The molecule has 0 saturated heterocycles. The van der Waals surface area contributed by atoms with Crippen molar-refractivity contribution in [2.45, 2.75) is 26.8 Å². The minimum atomic E-state index is -0.565. The highest BCUT2D eigenvalue weighted by Gasteiger charge is 2.27. The van der Waals surface area contributed by atoms with E-state index in [2.05, 4.69) is 10.3 Å². The number of hydrogen-bond donors (Lipinski definition) is 3. The number of aromatic nitrogens is 1. The quantitative estimate of drug-likeness (QED) is 0.695. The summed E-state index contributed by atoms with van der Waals surface area (Å²) in [5.74, 6) is 0.192. The maximum Gasteiger partial charge on any atom is 0.241 e. The molecule has 0 aromatic carbocycles. The molecule has 1 aromatic heterocycles. The molecule has 5 nitrogen and oxygen atoms in total. The van der Waals surface area contributed by atoms with E-state index in [1.54, 1.807) is 12.1 Å². The fraction of sp³-hybridized carbons (Fsp3) is 0.455. The molecule has 88 valence electrons. The summed E-state index contributed by atoms with van der Waals surface area (Å²) in [7, 11) is 0. The second-order valence-corrected chi connectivity index (χ2v) is 4.80. The van der Waals surface area contributed by atoms with Crippen LogP contribution in [0.15, 0.2) is 18.3 Å². The van der Waals surface area contributed by atoms with Gasteiger partial charge in [-0.3, -0.25) is 4.79 Å². The Morgan fingerprint density at radius 3 is 2.50 bits per heavy atom. The molecule has 1 amide bonds. The van der Waals surface area contributed by atoms with Gasteiger partial charge < -0.3 is 16.8 Å². The van der Waals surface area contributed by atoms with Crippen molar-refractivity contribution >= 4 is 17.4 Å². The van der Waals surface area contributed by atoms with E-state index in [1.165, 1.54) is 6.20 Å². The average molecular weight is 222 g/mol. The van der Waals surface area contributed by atoms with Gasteiger partial charge in [-0.1, -0.05) is 20.8 Å². The molecule has 5 N–H and O–H groups in total. The average Bonchev–Trinajstić information content (AvgIpc) is 2.19. The molecule has 0 radical (unpaired) electrons. The molecule has 0 aliphatic carbocycles. The Morgan fingerprint density at radius 2 is 2.06 bits per heavy atom. The summed E-state index contributed by atoms with van der Waals surface area (Å²) < 4.78 is 0. The maximum absolute atomic E-state index is 11.7. The number of nitrogens with two attached hydrogens (primary N) is 2. The van der Waals surface area contributed by atoms with Crippen molar-refractivity contribution in [2.24, 2.45) is 11.1 Å². The van der Waals surface area contributed by atoms with Gasteiger partial charge in [0, 0.05) is 0 Å². The molecule has 1 aromatic rings. The van der Waals surface area contributed by atoms with E-state index in [1.807, 2.05) is 20.8 Å². The summed E-state index contributed by atoms with van der Waals surface area (Å²) in [5.41, 5.74) is 11.6. The Morgan fingerprint density at radius 1 is 1.44 bits per heavy atom. The van der Waals surface area contributed by atoms with E-state index in [0.717, 1.165) is 0 Å². The third kappa shape index (κ3) is 3.20. The number of hydrogen-bond acceptors (Lipinski definition) is 4. The van der Waals surface area contributed by atoms with Gasteiger partial charge in [0.15, 0.2) is 0 Å². The number of carbonyl (C=O) groups is 1. The molecule has 0 aliphatic heterocycles. The zero-order valence-corrected chi connectivity index (χ0v) is 9.82. The van der Waals surface area contributed by atoms with Crippen molar-refractivity contribution in [2.75, 3.05) is 11.1 Å². The van der Waals surface area contributed by atoms with Gasteiger partial charge in [-0.15, -0.1) is 0 Å². The summed E-state index contributed by atoms with van der Waals surface area (Å²) in [6.07, 6.45) is 1.50. The SMILES string of the molecule is CC(C)(C)[C@H](N)C(=O)Nc1ccc(N)nc1. The highest BCUT2D eigenvalue weighted by molar-refractivity contribution is 5.95. The highest BCUT2D eigenvalue weighted by atomic mass is 16.2. The third-order valence-electron chi connectivity index (χ3n) is 2.27. The normalized spacial score (nSPS) is 13.2. The van der Waals surface area contributed by atoms with E-state index < -0.39 is 6.04 Å². The lowest BCUT2D eigenvalue weighted by Gasteiger charge is -2.25. The lowest BCUT2D eigenvalue weighted by atomic mass is 9.87. The first-order valence-electron chi connectivity index (χ1n) is 5.08. The molecule has 0 unspecified atom stereocenters. The van der Waals surface area contributed by atoms with E-state index in [-0.39, 0.29) is 11.3 Å². The third-order valence-corrected chi connectivity index (χ3v) is 2.27. The summed E-state index contributed by atoms with van der Waals surface area (Å²) >= 11 is 0. The first-order valence-corrected chi connectivity index (χ1v) is 5.08. The topological polar surface area (TPSA) is 94.0 Å². The van der Waals surface area contributed by atoms with Gasteiger partial charge in [-0.2, -0.15) is 0 Å². The Labute approximate surface area is 95.2 Å². The van der Waals surface area contributed by atoms with E-state index in [4.69, 9.17) is 11.5 Å². The molecular formula is C11H18N4O. The van der Waals surface area contributed by atoms with Crippen LogP contribution in [0.5, 0.6) is 0 Å². The summed E-state index contributed by atoms with van der Waals surface area (Å²) in [4.78, 5) is 15.6. The van der Waals surface area contributed by atoms with Gasteiger partial charge in [0.05, 0.1) is 17.9 Å². The molecule has 0 aliphatic rings. The van der Waals surface area contributed by atoms with Crippen molar-refractivity contribution in [3.05, 3.63) is 18.3 Å². The summed E-state index contributed by atoms with van der Waals surface area (Å²) in [6, 6.07) is 2.75. The Bertz CT molecular complexity index is 367. The summed E-state index contributed by atoms with van der Waals surface area (Å²) in [5, 5.41) is 2.69. The van der Waals surface area contributed by atoms with E-state index in [9.17, 15) is 4.79 Å². The number of carbonyl (C=O) groups excluding carboxylic acids is 1. The standard InChI is InChI=1S/C11H18N4O/c1-11(2,3)9(13)10(16)15-7-4-5-8(12)14-6-7/h4-6,9H,13H2,1-3H3,(H2,12,14)(H,15,16)/t9-/m1/s1. The monoisotopic (exact) mass is 222 g/mol. The molecule has 1 heterocycles. The van der Waals surface area contributed by atoms with Gasteiger partial charge >= 0.3 is 0 Å². The van der Waals surface area contributed by atoms with Crippen LogP contribution in [0, 0.1) is 5.41 Å². The minimum absolute atomic E-state index is 0.223.